The Kier molecular flexibility index (Phi) is 3.01. The van der Waals surface area contributed by atoms with Crippen molar-refractivity contribution >= 4 is 0 Å². The van der Waals surface area contributed by atoms with Crippen LogP contribution >= 0.6 is 0 Å². The third-order valence-corrected chi connectivity index (χ3v) is 2.20. The number of hydrogen-bond acceptors (Lipinski definition) is 2. The maximum absolute atomic E-state index is 13.0. The molecule has 0 aromatic rings. The Morgan fingerprint density at radius 3 is 2.75 bits per heavy atom. The Balaban J connectivity index is 2.32. The van der Waals surface area contributed by atoms with Crippen molar-refractivity contribution in [3.05, 3.63) is 0 Å². The lowest BCUT2D eigenvalue weighted by Crippen LogP contribution is -2.45. The quantitative estimate of drug-likeness (QED) is 0.679. The van der Waals surface area contributed by atoms with Gasteiger partial charge in [-0.15, -0.1) is 0 Å². The summed E-state index contributed by atoms with van der Waals surface area (Å²) in [5, 5.41) is 2.80. The van der Waals surface area contributed by atoms with Crippen molar-refractivity contribution in [2.45, 2.75) is 44.2 Å². The molecule has 1 aliphatic rings. The summed E-state index contributed by atoms with van der Waals surface area (Å²) in [6, 6.07) is -0.704. The number of nitrogens with two attached hydrogens (primary N) is 1. The van der Waals surface area contributed by atoms with Crippen molar-refractivity contribution in [2.75, 3.05) is 6.54 Å². The molecule has 72 valence electrons. The van der Waals surface area contributed by atoms with E-state index in [2.05, 4.69) is 5.32 Å². The second kappa shape index (κ2) is 3.66. The number of alkyl halides is 2. The summed E-state index contributed by atoms with van der Waals surface area (Å²) in [4.78, 5) is 0. The maximum atomic E-state index is 13.0. The molecule has 0 amide bonds. The fourth-order valence-corrected chi connectivity index (χ4v) is 1.51. The highest BCUT2D eigenvalue weighted by molar-refractivity contribution is 4.90. The lowest BCUT2D eigenvalue weighted by Gasteiger charge is -2.21. The summed E-state index contributed by atoms with van der Waals surface area (Å²) >= 11 is 0. The number of hydrogen-bond donors (Lipinski definition) is 2. The second-order valence-electron chi connectivity index (χ2n) is 3.59. The second-order valence-corrected chi connectivity index (χ2v) is 3.59. The van der Waals surface area contributed by atoms with E-state index in [1.54, 1.807) is 6.92 Å². The monoisotopic (exact) mass is 178 g/mol. The van der Waals surface area contributed by atoms with Crippen LogP contribution in [0.25, 0.3) is 0 Å². The Hall–Kier alpha value is -0.220. The van der Waals surface area contributed by atoms with Crippen molar-refractivity contribution in [3.63, 3.8) is 0 Å². The lowest BCUT2D eigenvalue weighted by atomic mass is 10.2. The van der Waals surface area contributed by atoms with E-state index in [1.165, 1.54) is 0 Å². The molecule has 0 bridgehead atoms. The summed E-state index contributed by atoms with van der Waals surface area (Å²) in [7, 11) is 0. The van der Waals surface area contributed by atoms with Crippen LogP contribution in [-0.4, -0.2) is 24.6 Å². The topological polar surface area (TPSA) is 38.0 Å². The van der Waals surface area contributed by atoms with E-state index in [9.17, 15) is 8.78 Å². The van der Waals surface area contributed by atoms with Gasteiger partial charge in [-0.1, -0.05) is 0 Å². The summed E-state index contributed by atoms with van der Waals surface area (Å²) in [5.41, 5.74) is 5.45. The van der Waals surface area contributed by atoms with Gasteiger partial charge in [0.1, 0.15) is 0 Å². The van der Waals surface area contributed by atoms with Crippen molar-refractivity contribution in [2.24, 2.45) is 5.73 Å². The fourth-order valence-electron chi connectivity index (χ4n) is 1.51. The standard InChI is InChI=1S/C8H16F2N2/c1-6(11)5-12-7-3-2-4-8(7,9)10/h6-7,12H,2-5,11H2,1H3/t6-,7?/m0/s1. The highest BCUT2D eigenvalue weighted by Crippen LogP contribution is 2.34. The van der Waals surface area contributed by atoms with Gasteiger partial charge in [0.15, 0.2) is 0 Å². The Bertz CT molecular complexity index is 148. The highest BCUT2D eigenvalue weighted by atomic mass is 19.3. The molecule has 0 aliphatic heterocycles. The Morgan fingerprint density at radius 2 is 2.33 bits per heavy atom. The smallest absolute Gasteiger partial charge is 0.263 e. The van der Waals surface area contributed by atoms with E-state index in [-0.39, 0.29) is 12.5 Å². The van der Waals surface area contributed by atoms with Crippen LogP contribution in [0.4, 0.5) is 8.78 Å². The van der Waals surface area contributed by atoms with Gasteiger partial charge >= 0.3 is 0 Å². The Morgan fingerprint density at radius 1 is 1.67 bits per heavy atom. The minimum absolute atomic E-state index is 0.0175. The fraction of sp³-hybridized carbons (Fsp3) is 1.00. The molecule has 0 radical (unpaired) electrons. The SMILES string of the molecule is C[C@H](N)CNC1CCCC1(F)F. The van der Waals surface area contributed by atoms with E-state index in [1.807, 2.05) is 0 Å². The van der Waals surface area contributed by atoms with Gasteiger partial charge in [0.25, 0.3) is 5.92 Å². The van der Waals surface area contributed by atoms with Crippen molar-refractivity contribution in [1.29, 1.82) is 0 Å². The molecular weight excluding hydrogens is 162 g/mol. The first-order chi connectivity index (χ1) is 5.52. The summed E-state index contributed by atoms with van der Waals surface area (Å²) in [6.45, 7) is 2.28. The lowest BCUT2D eigenvalue weighted by molar-refractivity contribution is -0.0179. The molecule has 1 aliphatic carbocycles. The van der Waals surface area contributed by atoms with Crippen LogP contribution in [-0.2, 0) is 0 Å². The molecule has 2 nitrogen and oxygen atoms in total. The molecule has 0 spiro atoms. The van der Waals surface area contributed by atoms with Gasteiger partial charge in [0, 0.05) is 19.0 Å². The van der Waals surface area contributed by atoms with E-state index < -0.39 is 12.0 Å². The van der Waals surface area contributed by atoms with E-state index in [0.29, 0.717) is 19.4 Å². The molecule has 0 heterocycles. The van der Waals surface area contributed by atoms with E-state index in [4.69, 9.17) is 5.73 Å². The first-order valence-corrected chi connectivity index (χ1v) is 4.39. The highest BCUT2D eigenvalue weighted by Gasteiger charge is 2.43. The predicted molar refractivity (Wildman–Crippen MR) is 44.2 cm³/mol. The van der Waals surface area contributed by atoms with Crippen LogP contribution in [0.2, 0.25) is 0 Å². The van der Waals surface area contributed by atoms with Gasteiger partial charge in [-0.25, -0.2) is 8.78 Å². The zero-order valence-corrected chi connectivity index (χ0v) is 7.32. The van der Waals surface area contributed by atoms with Gasteiger partial charge in [0.05, 0.1) is 6.04 Å². The summed E-state index contributed by atoms with van der Waals surface area (Å²) < 4.78 is 25.9. The van der Waals surface area contributed by atoms with E-state index in [0.717, 1.165) is 0 Å². The zero-order valence-electron chi connectivity index (χ0n) is 7.32. The molecule has 0 aromatic carbocycles. The summed E-state index contributed by atoms with van der Waals surface area (Å²) in [6.07, 6.45) is 1.20. The minimum Gasteiger partial charge on any atom is -0.327 e. The van der Waals surface area contributed by atoms with Crippen molar-refractivity contribution < 1.29 is 8.78 Å². The molecule has 0 saturated heterocycles. The third-order valence-electron chi connectivity index (χ3n) is 2.20. The molecule has 2 atom stereocenters. The molecule has 1 rings (SSSR count). The van der Waals surface area contributed by atoms with Crippen LogP contribution in [0.15, 0.2) is 0 Å². The number of halogens is 2. The predicted octanol–water partition coefficient (Wildman–Crippen LogP) is 1.11. The van der Waals surface area contributed by atoms with E-state index >= 15 is 0 Å². The number of nitrogens with one attached hydrogen (secondary N) is 1. The van der Waals surface area contributed by atoms with Gasteiger partial charge in [-0.2, -0.15) is 0 Å². The molecule has 0 aromatic heterocycles. The average Bonchev–Trinajstić information content (AvgIpc) is 2.25. The zero-order chi connectivity index (χ0) is 9.19. The summed E-state index contributed by atoms with van der Waals surface area (Å²) in [5.74, 6) is -2.52. The maximum Gasteiger partial charge on any atom is 0.263 e. The number of rotatable bonds is 3. The van der Waals surface area contributed by atoms with Gasteiger partial charge in [-0.3, -0.25) is 0 Å². The molecule has 1 saturated carbocycles. The molecule has 1 unspecified atom stereocenters. The Labute approximate surface area is 71.5 Å². The molecule has 3 N–H and O–H groups in total. The molecular formula is C8H16F2N2. The first kappa shape index (κ1) is 9.86. The minimum atomic E-state index is -2.52. The first-order valence-electron chi connectivity index (χ1n) is 4.39. The third kappa shape index (κ3) is 2.38. The van der Waals surface area contributed by atoms with Crippen LogP contribution in [0.1, 0.15) is 26.2 Å². The van der Waals surface area contributed by atoms with Crippen molar-refractivity contribution in [3.8, 4) is 0 Å². The van der Waals surface area contributed by atoms with Crippen LogP contribution in [0.3, 0.4) is 0 Å². The largest absolute Gasteiger partial charge is 0.327 e. The molecule has 4 heteroatoms. The van der Waals surface area contributed by atoms with Gasteiger partial charge in [0.2, 0.25) is 0 Å². The van der Waals surface area contributed by atoms with Gasteiger partial charge < -0.3 is 11.1 Å². The normalized spacial score (nSPS) is 30.5. The average molecular weight is 178 g/mol. The van der Waals surface area contributed by atoms with Crippen LogP contribution in [0.5, 0.6) is 0 Å². The van der Waals surface area contributed by atoms with Crippen LogP contribution in [0, 0.1) is 0 Å². The molecule has 12 heavy (non-hydrogen) atoms. The molecule has 1 fully saturated rings. The van der Waals surface area contributed by atoms with Crippen LogP contribution < -0.4 is 11.1 Å². The van der Waals surface area contributed by atoms with Gasteiger partial charge in [-0.05, 0) is 19.8 Å². The van der Waals surface area contributed by atoms with Crippen molar-refractivity contribution in [1.82, 2.24) is 5.32 Å².